The molecule has 96 valence electrons. The lowest BCUT2D eigenvalue weighted by Gasteiger charge is -2.03. The molecule has 1 aromatic heterocycles. The van der Waals surface area contributed by atoms with E-state index in [1.165, 1.54) is 25.2 Å². The molecular weight excluding hydrogens is 247 g/mol. The molecule has 0 bridgehead atoms. The Labute approximate surface area is 100 Å². The number of anilines is 1. The van der Waals surface area contributed by atoms with Gasteiger partial charge in [0.1, 0.15) is 5.69 Å². The molecule has 0 radical (unpaired) electrons. The van der Waals surface area contributed by atoms with Crippen LogP contribution in [0.4, 0.5) is 23.7 Å². The molecule has 3 N–H and O–H groups in total. The van der Waals surface area contributed by atoms with E-state index < -0.39 is 17.9 Å². The number of hydrogen-bond donors (Lipinski definition) is 3. The van der Waals surface area contributed by atoms with Gasteiger partial charge in [-0.15, -0.1) is 0 Å². The molecule has 1 aromatic carbocycles. The first-order chi connectivity index (χ1) is 8.40. The van der Waals surface area contributed by atoms with Gasteiger partial charge in [0.25, 0.3) is 0 Å². The van der Waals surface area contributed by atoms with Gasteiger partial charge < -0.3 is 15.6 Å². The number of hydrogen-bond acceptors (Lipinski definition) is 1. The number of rotatable bonds is 1. The lowest BCUT2D eigenvalue weighted by atomic mass is 10.2. The zero-order chi connectivity index (χ0) is 13.3. The van der Waals surface area contributed by atoms with E-state index >= 15 is 0 Å². The average Bonchev–Trinajstić information content (AvgIpc) is 2.71. The Bertz CT molecular complexity index is 589. The van der Waals surface area contributed by atoms with E-state index in [9.17, 15) is 18.0 Å². The highest BCUT2D eigenvalue weighted by molar-refractivity contribution is 5.92. The fraction of sp³-hybridized carbons (Fsp3) is 0.182. The third-order valence-electron chi connectivity index (χ3n) is 2.41. The van der Waals surface area contributed by atoms with E-state index in [1.54, 1.807) is 0 Å². The number of carbonyl (C=O) groups excluding carboxylic acids is 1. The maximum atomic E-state index is 12.5. The van der Waals surface area contributed by atoms with E-state index in [2.05, 4.69) is 15.6 Å². The zero-order valence-corrected chi connectivity index (χ0v) is 9.35. The summed E-state index contributed by atoms with van der Waals surface area (Å²) in [6, 6.07) is 5.05. The molecular formula is C11H10F3N3O. The summed E-state index contributed by atoms with van der Waals surface area (Å²) in [5.41, 5.74) is -0.0195. The molecule has 1 heterocycles. The van der Waals surface area contributed by atoms with Gasteiger partial charge in [-0.1, -0.05) is 0 Å². The monoisotopic (exact) mass is 257 g/mol. The molecule has 4 nitrogen and oxygen atoms in total. The van der Waals surface area contributed by atoms with Gasteiger partial charge in [-0.3, -0.25) is 0 Å². The van der Waals surface area contributed by atoms with Gasteiger partial charge in [0.2, 0.25) is 0 Å². The van der Waals surface area contributed by atoms with Crippen LogP contribution in [-0.2, 0) is 6.18 Å². The number of H-pyrrole nitrogens is 1. The Kier molecular flexibility index (Phi) is 2.90. The highest BCUT2D eigenvalue weighted by Gasteiger charge is 2.32. The molecule has 0 atom stereocenters. The maximum Gasteiger partial charge on any atom is 0.431 e. The number of aromatic amines is 1. The van der Waals surface area contributed by atoms with Crippen molar-refractivity contribution < 1.29 is 18.0 Å². The van der Waals surface area contributed by atoms with Gasteiger partial charge >= 0.3 is 12.2 Å². The standard InChI is InChI=1S/C11H10F3N3O/c1-15-10(18)16-7-2-3-8-6(4-7)5-9(17-8)11(12,13)14/h2-5,17H,1H3,(H2,15,16,18). The summed E-state index contributed by atoms with van der Waals surface area (Å²) in [4.78, 5) is 13.3. The highest BCUT2D eigenvalue weighted by atomic mass is 19.4. The molecule has 2 aromatic rings. The molecule has 0 saturated carbocycles. The molecule has 0 spiro atoms. The van der Waals surface area contributed by atoms with Crippen molar-refractivity contribution in [3.8, 4) is 0 Å². The van der Waals surface area contributed by atoms with Crippen molar-refractivity contribution in [3.05, 3.63) is 30.0 Å². The molecule has 0 aliphatic heterocycles. The Hall–Kier alpha value is -2.18. The van der Waals surface area contributed by atoms with Gasteiger partial charge in [0, 0.05) is 23.6 Å². The van der Waals surface area contributed by atoms with Crippen LogP contribution in [0.3, 0.4) is 0 Å². The molecule has 0 saturated heterocycles. The first-order valence-electron chi connectivity index (χ1n) is 5.09. The summed E-state index contributed by atoms with van der Waals surface area (Å²) in [5, 5.41) is 5.23. The first kappa shape index (κ1) is 12.3. The Morgan fingerprint density at radius 3 is 2.61 bits per heavy atom. The summed E-state index contributed by atoms with van der Waals surface area (Å²) in [6.07, 6.45) is -4.41. The van der Waals surface area contributed by atoms with Crippen molar-refractivity contribution >= 4 is 22.6 Å². The van der Waals surface area contributed by atoms with Crippen LogP contribution in [0.25, 0.3) is 10.9 Å². The quantitative estimate of drug-likeness (QED) is 0.722. The summed E-state index contributed by atoms with van der Waals surface area (Å²) >= 11 is 0. The van der Waals surface area contributed by atoms with Crippen LogP contribution >= 0.6 is 0 Å². The predicted octanol–water partition coefficient (Wildman–Crippen LogP) is 2.94. The Morgan fingerprint density at radius 1 is 1.28 bits per heavy atom. The first-order valence-corrected chi connectivity index (χ1v) is 5.09. The molecule has 0 aliphatic carbocycles. The normalized spacial score (nSPS) is 11.6. The minimum Gasteiger partial charge on any atom is -0.351 e. The number of benzene rings is 1. The van der Waals surface area contributed by atoms with Crippen molar-refractivity contribution in [1.29, 1.82) is 0 Å². The van der Waals surface area contributed by atoms with Gasteiger partial charge in [-0.05, 0) is 24.3 Å². The Balaban J connectivity index is 2.37. The minimum absolute atomic E-state index is 0.366. The van der Waals surface area contributed by atoms with Crippen LogP contribution in [-0.4, -0.2) is 18.1 Å². The molecule has 7 heteroatoms. The van der Waals surface area contributed by atoms with E-state index in [4.69, 9.17) is 0 Å². The second-order valence-corrected chi connectivity index (χ2v) is 3.69. The largest absolute Gasteiger partial charge is 0.431 e. The smallest absolute Gasteiger partial charge is 0.351 e. The lowest BCUT2D eigenvalue weighted by Crippen LogP contribution is -2.24. The highest BCUT2D eigenvalue weighted by Crippen LogP contribution is 2.31. The molecule has 0 unspecified atom stereocenters. The van der Waals surface area contributed by atoms with Crippen molar-refractivity contribution in [3.63, 3.8) is 0 Å². The number of nitrogens with one attached hydrogen (secondary N) is 3. The van der Waals surface area contributed by atoms with Crippen LogP contribution < -0.4 is 10.6 Å². The number of carbonyl (C=O) groups is 1. The van der Waals surface area contributed by atoms with E-state index in [0.29, 0.717) is 16.6 Å². The second-order valence-electron chi connectivity index (χ2n) is 3.69. The maximum absolute atomic E-state index is 12.5. The van der Waals surface area contributed by atoms with E-state index in [0.717, 1.165) is 6.07 Å². The fourth-order valence-corrected chi connectivity index (χ4v) is 1.56. The predicted molar refractivity (Wildman–Crippen MR) is 61.4 cm³/mol. The molecule has 2 rings (SSSR count). The van der Waals surface area contributed by atoms with Gasteiger partial charge in [0.05, 0.1) is 0 Å². The zero-order valence-electron chi connectivity index (χ0n) is 9.35. The third-order valence-corrected chi connectivity index (χ3v) is 2.41. The number of urea groups is 1. The van der Waals surface area contributed by atoms with Crippen LogP contribution in [0.15, 0.2) is 24.3 Å². The van der Waals surface area contributed by atoms with Crippen molar-refractivity contribution in [2.45, 2.75) is 6.18 Å². The molecule has 0 fully saturated rings. The van der Waals surface area contributed by atoms with E-state index in [1.807, 2.05) is 0 Å². The van der Waals surface area contributed by atoms with Crippen LogP contribution in [0.5, 0.6) is 0 Å². The number of amides is 2. The summed E-state index contributed by atoms with van der Waals surface area (Å²) in [7, 11) is 1.45. The summed E-state index contributed by atoms with van der Waals surface area (Å²) in [6.45, 7) is 0. The average molecular weight is 257 g/mol. The molecule has 0 aliphatic rings. The van der Waals surface area contributed by atoms with Crippen molar-refractivity contribution in [2.24, 2.45) is 0 Å². The summed E-state index contributed by atoms with van der Waals surface area (Å²) in [5.74, 6) is 0. The van der Waals surface area contributed by atoms with Crippen molar-refractivity contribution in [1.82, 2.24) is 10.3 Å². The number of halogens is 3. The number of aromatic nitrogens is 1. The second kappa shape index (κ2) is 4.25. The number of alkyl halides is 3. The van der Waals surface area contributed by atoms with Crippen molar-refractivity contribution in [2.75, 3.05) is 12.4 Å². The lowest BCUT2D eigenvalue weighted by molar-refractivity contribution is -0.140. The van der Waals surface area contributed by atoms with Crippen LogP contribution in [0.1, 0.15) is 5.69 Å². The number of fused-ring (bicyclic) bond motifs is 1. The van der Waals surface area contributed by atoms with Gasteiger partial charge in [-0.25, -0.2) is 4.79 Å². The Morgan fingerprint density at radius 2 is 2.00 bits per heavy atom. The van der Waals surface area contributed by atoms with Gasteiger partial charge in [0.15, 0.2) is 0 Å². The van der Waals surface area contributed by atoms with Gasteiger partial charge in [-0.2, -0.15) is 13.2 Å². The SMILES string of the molecule is CNC(=O)Nc1ccc2[nH]c(C(F)(F)F)cc2c1. The summed E-state index contributed by atoms with van der Waals surface area (Å²) < 4.78 is 37.4. The van der Waals surface area contributed by atoms with Crippen LogP contribution in [0.2, 0.25) is 0 Å². The topological polar surface area (TPSA) is 56.9 Å². The van der Waals surface area contributed by atoms with E-state index in [-0.39, 0.29) is 0 Å². The third kappa shape index (κ3) is 2.39. The molecule has 18 heavy (non-hydrogen) atoms. The molecule has 2 amide bonds. The minimum atomic E-state index is -4.41. The fourth-order valence-electron chi connectivity index (χ4n) is 1.56. The van der Waals surface area contributed by atoms with Crippen LogP contribution in [0, 0.1) is 0 Å².